The number of hydrogen-bond donors (Lipinski definition) is 1. The monoisotopic (exact) mass is 379 g/mol. The number of amides is 1. The van der Waals surface area contributed by atoms with Gasteiger partial charge in [0.1, 0.15) is 13.7 Å². The maximum Gasteiger partial charge on any atom is 0.273 e. The Labute approximate surface area is 165 Å². The molecular weight excluding hydrogens is 354 g/mol. The second kappa shape index (κ2) is 10.1. The lowest BCUT2D eigenvalue weighted by Gasteiger charge is -2.13. The Balaban J connectivity index is 2.36. The van der Waals surface area contributed by atoms with Crippen LogP contribution >= 0.6 is 0 Å². The first-order valence-corrected chi connectivity index (χ1v) is 8.84. The largest absolute Gasteiger partial charge is 0.398 e. The van der Waals surface area contributed by atoms with Crippen LogP contribution in [0.2, 0.25) is 0 Å². The molecule has 0 bridgehead atoms. The number of nitrogens with zero attached hydrogens (tertiary/aromatic N) is 2. The molecule has 2 aromatic carbocycles. The number of aryl methyl sites for hydroxylation is 1. The van der Waals surface area contributed by atoms with Crippen molar-refractivity contribution in [1.82, 2.24) is 5.32 Å². The first kappa shape index (κ1) is 20.9. The Morgan fingerprint density at radius 2 is 1.86 bits per heavy atom. The van der Waals surface area contributed by atoms with Gasteiger partial charge in [-0.1, -0.05) is 65.4 Å². The molecule has 146 valence electrons. The lowest BCUT2D eigenvalue weighted by atomic mass is 9.97. The molecule has 6 heteroatoms. The van der Waals surface area contributed by atoms with Gasteiger partial charge in [0.25, 0.3) is 5.91 Å². The number of benzene rings is 2. The second-order valence-electron chi connectivity index (χ2n) is 6.04. The fourth-order valence-corrected chi connectivity index (χ4v) is 2.82. The van der Waals surface area contributed by atoms with E-state index in [9.17, 15) is 4.79 Å². The van der Waals surface area contributed by atoms with Crippen molar-refractivity contribution in [3.63, 3.8) is 0 Å². The minimum absolute atomic E-state index is 0.153. The van der Waals surface area contributed by atoms with Crippen molar-refractivity contribution in [2.45, 2.75) is 20.5 Å². The molecule has 0 spiro atoms. The van der Waals surface area contributed by atoms with Crippen molar-refractivity contribution in [3.8, 4) is 0 Å². The standard InChI is InChI=1S/C22H25N3O3/c1-6-17-11-9-13-19(21(25-27-5)22(26)23-4)20(17)14-28-24-16(3)18-12-8-7-10-15(18)2/h6-13H,1,14H2,2-5H3,(H,23,26)/b24-16+,25-21+. The van der Waals surface area contributed by atoms with Crippen LogP contribution in [0.3, 0.4) is 0 Å². The molecule has 0 saturated heterocycles. The van der Waals surface area contributed by atoms with Crippen molar-refractivity contribution in [3.05, 3.63) is 76.9 Å². The molecule has 0 saturated carbocycles. The summed E-state index contributed by atoms with van der Waals surface area (Å²) in [5.74, 6) is -0.357. The average molecular weight is 379 g/mol. The molecule has 2 aromatic rings. The molecule has 0 heterocycles. The first-order valence-electron chi connectivity index (χ1n) is 8.84. The van der Waals surface area contributed by atoms with E-state index in [4.69, 9.17) is 9.68 Å². The van der Waals surface area contributed by atoms with Crippen molar-refractivity contribution in [2.24, 2.45) is 10.3 Å². The van der Waals surface area contributed by atoms with Gasteiger partial charge in [-0.25, -0.2) is 0 Å². The molecule has 2 rings (SSSR count). The van der Waals surface area contributed by atoms with Crippen LogP contribution in [-0.4, -0.2) is 31.5 Å². The third-order valence-corrected chi connectivity index (χ3v) is 4.26. The number of nitrogens with one attached hydrogen (secondary N) is 1. The molecule has 0 atom stereocenters. The van der Waals surface area contributed by atoms with E-state index >= 15 is 0 Å². The molecule has 0 aliphatic carbocycles. The normalized spacial score (nSPS) is 11.7. The van der Waals surface area contributed by atoms with Crippen LogP contribution in [0.15, 0.2) is 59.4 Å². The zero-order valence-corrected chi connectivity index (χ0v) is 16.7. The fourth-order valence-electron chi connectivity index (χ4n) is 2.82. The topological polar surface area (TPSA) is 72.3 Å². The predicted octanol–water partition coefficient (Wildman–Crippen LogP) is 3.68. The van der Waals surface area contributed by atoms with Gasteiger partial charge in [0.2, 0.25) is 0 Å². The van der Waals surface area contributed by atoms with Gasteiger partial charge in [0, 0.05) is 23.7 Å². The predicted molar refractivity (Wildman–Crippen MR) is 112 cm³/mol. The molecule has 6 nitrogen and oxygen atoms in total. The summed E-state index contributed by atoms with van der Waals surface area (Å²) in [5.41, 5.74) is 5.25. The summed E-state index contributed by atoms with van der Waals surface area (Å²) < 4.78 is 0. The molecule has 0 unspecified atom stereocenters. The van der Waals surface area contributed by atoms with Gasteiger partial charge >= 0.3 is 0 Å². The van der Waals surface area contributed by atoms with Gasteiger partial charge in [-0.2, -0.15) is 0 Å². The molecule has 0 fully saturated rings. The summed E-state index contributed by atoms with van der Waals surface area (Å²) in [6.45, 7) is 7.91. The molecular formula is C22H25N3O3. The number of rotatable bonds is 8. The Morgan fingerprint density at radius 3 is 2.50 bits per heavy atom. The third-order valence-electron chi connectivity index (χ3n) is 4.26. The summed E-state index contributed by atoms with van der Waals surface area (Å²) in [4.78, 5) is 22.7. The van der Waals surface area contributed by atoms with E-state index in [1.807, 2.05) is 50.2 Å². The number of oxime groups is 2. The van der Waals surface area contributed by atoms with Crippen LogP contribution in [-0.2, 0) is 21.1 Å². The Bertz CT molecular complexity index is 917. The van der Waals surface area contributed by atoms with Crippen molar-refractivity contribution in [2.75, 3.05) is 14.2 Å². The summed E-state index contributed by atoms with van der Waals surface area (Å²) in [6.07, 6.45) is 1.70. The Morgan fingerprint density at radius 1 is 1.14 bits per heavy atom. The van der Waals surface area contributed by atoms with Gasteiger partial charge in [0.15, 0.2) is 5.71 Å². The quantitative estimate of drug-likeness (QED) is 0.562. The lowest BCUT2D eigenvalue weighted by Crippen LogP contribution is -2.29. The highest BCUT2D eigenvalue weighted by Gasteiger charge is 2.19. The maximum absolute atomic E-state index is 12.2. The van der Waals surface area contributed by atoms with Gasteiger partial charge in [-0.15, -0.1) is 0 Å². The van der Waals surface area contributed by atoms with Crippen molar-refractivity contribution < 1.29 is 14.5 Å². The molecule has 28 heavy (non-hydrogen) atoms. The van der Waals surface area contributed by atoms with Crippen LogP contribution < -0.4 is 5.32 Å². The van der Waals surface area contributed by atoms with E-state index in [0.29, 0.717) is 5.56 Å². The molecule has 0 radical (unpaired) electrons. The molecule has 0 aromatic heterocycles. The van der Waals surface area contributed by atoms with Crippen LogP contribution in [0.25, 0.3) is 6.08 Å². The van der Waals surface area contributed by atoms with Crippen LogP contribution in [0.5, 0.6) is 0 Å². The zero-order chi connectivity index (χ0) is 20.5. The summed E-state index contributed by atoms with van der Waals surface area (Å²) in [6, 6.07) is 13.5. The number of hydrogen-bond acceptors (Lipinski definition) is 5. The second-order valence-corrected chi connectivity index (χ2v) is 6.04. The first-order chi connectivity index (χ1) is 13.5. The van der Waals surface area contributed by atoms with Gasteiger partial charge in [-0.3, -0.25) is 4.79 Å². The number of carbonyl (C=O) groups excluding carboxylic acids is 1. The van der Waals surface area contributed by atoms with E-state index in [-0.39, 0.29) is 18.2 Å². The Hall–Kier alpha value is -3.41. The van der Waals surface area contributed by atoms with Gasteiger partial charge in [-0.05, 0) is 25.0 Å². The minimum atomic E-state index is -0.357. The smallest absolute Gasteiger partial charge is 0.273 e. The van der Waals surface area contributed by atoms with E-state index in [2.05, 4.69) is 22.2 Å². The number of likely N-dealkylation sites (N-methyl/N-ethyl adjacent to an activating group) is 1. The van der Waals surface area contributed by atoms with E-state index in [0.717, 1.165) is 28.0 Å². The summed E-state index contributed by atoms with van der Waals surface area (Å²) in [5, 5.41) is 10.7. The van der Waals surface area contributed by atoms with Crippen LogP contribution in [0.4, 0.5) is 0 Å². The van der Waals surface area contributed by atoms with Crippen molar-refractivity contribution in [1.29, 1.82) is 0 Å². The van der Waals surface area contributed by atoms with E-state index in [1.54, 1.807) is 12.1 Å². The van der Waals surface area contributed by atoms with Gasteiger partial charge < -0.3 is 15.0 Å². The zero-order valence-electron chi connectivity index (χ0n) is 16.7. The summed E-state index contributed by atoms with van der Waals surface area (Å²) in [7, 11) is 2.93. The average Bonchev–Trinajstić information content (AvgIpc) is 2.71. The molecule has 1 amide bonds. The Kier molecular flexibility index (Phi) is 7.51. The lowest BCUT2D eigenvalue weighted by molar-refractivity contribution is -0.114. The fraction of sp³-hybridized carbons (Fsp3) is 0.227. The van der Waals surface area contributed by atoms with Crippen LogP contribution in [0, 0.1) is 6.92 Å². The highest BCUT2D eigenvalue weighted by atomic mass is 16.6. The summed E-state index contributed by atoms with van der Waals surface area (Å²) >= 11 is 0. The molecule has 1 N–H and O–H groups in total. The SMILES string of the molecule is C=Cc1cccc(/C(=N\OC)C(=O)NC)c1CO/N=C(\C)c1ccccc1C. The highest BCUT2D eigenvalue weighted by Crippen LogP contribution is 2.20. The van der Waals surface area contributed by atoms with Crippen LogP contribution in [0.1, 0.15) is 34.7 Å². The third kappa shape index (κ3) is 4.85. The minimum Gasteiger partial charge on any atom is -0.398 e. The molecule has 0 aliphatic rings. The highest BCUT2D eigenvalue weighted by molar-refractivity contribution is 6.45. The maximum atomic E-state index is 12.2. The van der Waals surface area contributed by atoms with Crippen molar-refractivity contribution >= 4 is 23.4 Å². The van der Waals surface area contributed by atoms with Gasteiger partial charge in [0.05, 0.1) is 5.71 Å². The van der Waals surface area contributed by atoms with E-state index in [1.165, 1.54) is 14.2 Å². The van der Waals surface area contributed by atoms with E-state index < -0.39 is 0 Å². The number of carbonyl (C=O) groups is 1. The molecule has 0 aliphatic heterocycles.